The van der Waals surface area contributed by atoms with Crippen molar-refractivity contribution in [2.75, 3.05) is 19.8 Å². The lowest BCUT2D eigenvalue weighted by molar-refractivity contribution is -0.142. The van der Waals surface area contributed by atoms with Gasteiger partial charge in [0.1, 0.15) is 6.04 Å². The number of nitrogens with zero attached hydrogens (tertiary/aromatic N) is 3. The third-order valence-electron chi connectivity index (χ3n) is 3.01. The zero-order chi connectivity index (χ0) is 11.0. The summed E-state index contributed by atoms with van der Waals surface area (Å²) in [5.41, 5.74) is 0. The van der Waals surface area contributed by atoms with E-state index < -0.39 is 0 Å². The Morgan fingerprint density at radius 1 is 1.50 bits per heavy atom. The van der Waals surface area contributed by atoms with Crippen molar-refractivity contribution < 1.29 is 14.1 Å². The summed E-state index contributed by atoms with van der Waals surface area (Å²) in [5, 5.41) is 3.79. The number of hydrogen-bond acceptors (Lipinski definition) is 5. The van der Waals surface area contributed by atoms with Crippen LogP contribution in [0.3, 0.4) is 0 Å². The maximum atomic E-state index is 12.1. The van der Waals surface area contributed by atoms with Gasteiger partial charge in [0, 0.05) is 12.5 Å². The Morgan fingerprint density at radius 3 is 3.06 bits per heavy atom. The summed E-state index contributed by atoms with van der Waals surface area (Å²) in [6, 6.07) is -0.180. The number of ether oxygens (including phenoxy) is 1. The topological polar surface area (TPSA) is 68.5 Å². The maximum Gasteiger partial charge on any atom is 0.226 e. The molecule has 0 aromatic carbocycles. The van der Waals surface area contributed by atoms with E-state index in [9.17, 15) is 4.79 Å². The number of aromatic nitrogens is 2. The van der Waals surface area contributed by atoms with Gasteiger partial charge in [0.05, 0.1) is 13.2 Å². The molecule has 86 valence electrons. The van der Waals surface area contributed by atoms with Crippen LogP contribution < -0.4 is 0 Å². The number of carbonyl (C=O) groups excluding carboxylic acids is 1. The first-order valence-corrected chi connectivity index (χ1v) is 5.51. The van der Waals surface area contributed by atoms with E-state index in [1.165, 1.54) is 6.39 Å². The van der Waals surface area contributed by atoms with Gasteiger partial charge in [-0.2, -0.15) is 4.98 Å². The molecule has 6 nitrogen and oxygen atoms in total. The molecule has 1 unspecified atom stereocenters. The molecule has 6 heteroatoms. The van der Waals surface area contributed by atoms with Crippen LogP contribution in [0.2, 0.25) is 0 Å². The van der Waals surface area contributed by atoms with E-state index in [1.54, 1.807) is 0 Å². The molecule has 1 aliphatic carbocycles. The molecular weight excluding hydrogens is 210 g/mol. The van der Waals surface area contributed by atoms with E-state index in [0.29, 0.717) is 25.6 Å². The second kappa shape index (κ2) is 3.86. The van der Waals surface area contributed by atoms with Gasteiger partial charge in [-0.1, -0.05) is 5.16 Å². The van der Waals surface area contributed by atoms with Crippen molar-refractivity contribution in [3.05, 3.63) is 12.2 Å². The molecular formula is C10H13N3O3. The molecule has 2 fully saturated rings. The zero-order valence-corrected chi connectivity index (χ0v) is 8.83. The summed E-state index contributed by atoms with van der Waals surface area (Å²) in [6.45, 7) is 1.67. The molecule has 0 radical (unpaired) electrons. The van der Waals surface area contributed by atoms with Gasteiger partial charge in [0.2, 0.25) is 12.3 Å². The summed E-state index contributed by atoms with van der Waals surface area (Å²) in [4.78, 5) is 17.9. The second-order valence-electron chi connectivity index (χ2n) is 4.19. The monoisotopic (exact) mass is 223 g/mol. The fraction of sp³-hybridized carbons (Fsp3) is 0.700. The van der Waals surface area contributed by atoms with Crippen LogP contribution in [0.1, 0.15) is 24.7 Å². The first-order valence-electron chi connectivity index (χ1n) is 5.51. The Kier molecular flexibility index (Phi) is 2.36. The molecule has 1 atom stereocenters. The maximum absolute atomic E-state index is 12.1. The van der Waals surface area contributed by atoms with Crippen LogP contribution in [0, 0.1) is 5.92 Å². The van der Waals surface area contributed by atoms with Gasteiger partial charge >= 0.3 is 0 Å². The summed E-state index contributed by atoms with van der Waals surface area (Å²) in [5.74, 6) is 0.958. The highest BCUT2D eigenvalue weighted by Gasteiger charge is 2.39. The number of carbonyl (C=O) groups is 1. The Balaban J connectivity index is 1.80. The standard InChI is InChI=1S/C10H13N3O3/c14-10(7-1-2-7)13-3-4-15-5-8(13)9-11-6-16-12-9/h6-8H,1-5H2. The summed E-state index contributed by atoms with van der Waals surface area (Å²) >= 11 is 0. The average Bonchev–Trinajstić information content (AvgIpc) is 3.04. The predicted molar refractivity (Wildman–Crippen MR) is 52.3 cm³/mol. The first-order chi connectivity index (χ1) is 7.86. The van der Waals surface area contributed by atoms with Crippen LogP contribution in [-0.4, -0.2) is 40.7 Å². The SMILES string of the molecule is O=C(C1CC1)N1CCOCC1c1ncon1. The highest BCUT2D eigenvalue weighted by atomic mass is 16.5. The highest BCUT2D eigenvalue weighted by Crippen LogP contribution is 2.34. The van der Waals surface area contributed by atoms with Crippen molar-refractivity contribution >= 4 is 5.91 Å². The van der Waals surface area contributed by atoms with Gasteiger partial charge in [0.25, 0.3) is 0 Å². The molecule has 1 aromatic rings. The second-order valence-corrected chi connectivity index (χ2v) is 4.19. The Bertz CT molecular complexity index is 375. The lowest BCUT2D eigenvalue weighted by Gasteiger charge is -2.33. The Morgan fingerprint density at radius 2 is 2.38 bits per heavy atom. The van der Waals surface area contributed by atoms with Crippen LogP contribution in [-0.2, 0) is 9.53 Å². The van der Waals surface area contributed by atoms with E-state index in [4.69, 9.17) is 9.26 Å². The minimum atomic E-state index is -0.180. The van der Waals surface area contributed by atoms with E-state index in [2.05, 4.69) is 10.1 Å². The smallest absolute Gasteiger partial charge is 0.226 e. The van der Waals surface area contributed by atoms with Gasteiger partial charge in [0.15, 0.2) is 5.82 Å². The van der Waals surface area contributed by atoms with Crippen LogP contribution in [0.15, 0.2) is 10.9 Å². The van der Waals surface area contributed by atoms with Crippen molar-refractivity contribution in [3.8, 4) is 0 Å². The van der Waals surface area contributed by atoms with E-state index in [-0.39, 0.29) is 17.9 Å². The third-order valence-corrected chi connectivity index (χ3v) is 3.01. The quantitative estimate of drug-likeness (QED) is 0.725. The van der Waals surface area contributed by atoms with E-state index in [1.807, 2.05) is 4.90 Å². The molecule has 0 N–H and O–H groups in total. The molecule has 1 aromatic heterocycles. The highest BCUT2D eigenvalue weighted by molar-refractivity contribution is 5.81. The molecule has 1 saturated heterocycles. The van der Waals surface area contributed by atoms with Crippen LogP contribution in [0.5, 0.6) is 0 Å². The van der Waals surface area contributed by atoms with E-state index in [0.717, 1.165) is 12.8 Å². The zero-order valence-electron chi connectivity index (χ0n) is 8.83. The van der Waals surface area contributed by atoms with Gasteiger partial charge in [-0.05, 0) is 12.8 Å². The minimum Gasteiger partial charge on any atom is -0.377 e. The molecule has 16 heavy (non-hydrogen) atoms. The minimum absolute atomic E-state index is 0.180. The molecule has 2 aliphatic rings. The van der Waals surface area contributed by atoms with Crippen molar-refractivity contribution in [1.82, 2.24) is 15.0 Å². The molecule has 1 saturated carbocycles. The van der Waals surface area contributed by atoms with Gasteiger partial charge in [-0.3, -0.25) is 4.79 Å². The summed E-state index contributed by atoms with van der Waals surface area (Å²) in [7, 11) is 0. The molecule has 1 aliphatic heterocycles. The van der Waals surface area contributed by atoms with Gasteiger partial charge in [-0.25, -0.2) is 0 Å². The number of amides is 1. The fourth-order valence-corrected chi connectivity index (χ4v) is 1.97. The molecule has 3 rings (SSSR count). The first kappa shape index (κ1) is 9.77. The van der Waals surface area contributed by atoms with Crippen LogP contribution in [0.25, 0.3) is 0 Å². The molecule has 0 bridgehead atoms. The normalized spacial score (nSPS) is 25.8. The van der Waals surface area contributed by atoms with Crippen molar-refractivity contribution in [2.45, 2.75) is 18.9 Å². The van der Waals surface area contributed by atoms with Gasteiger partial charge < -0.3 is 14.2 Å². The van der Waals surface area contributed by atoms with Crippen molar-refractivity contribution in [2.24, 2.45) is 5.92 Å². The number of morpholine rings is 1. The van der Waals surface area contributed by atoms with Crippen molar-refractivity contribution in [1.29, 1.82) is 0 Å². The lowest BCUT2D eigenvalue weighted by Crippen LogP contribution is -2.44. The predicted octanol–water partition coefficient (Wildman–Crippen LogP) is 0.379. The van der Waals surface area contributed by atoms with E-state index >= 15 is 0 Å². The molecule has 0 spiro atoms. The summed E-state index contributed by atoms with van der Waals surface area (Å²) in [6.07, 6.45) is 3.30. The summed E-state index contributed by atoms with van der Waals surface area (Å²) < 4.78 is 10.1. The Hall–Kier alpha value is -1.43. The number of hydrogen-bond donors (Lipinski definition) is 0. The third kappa shape index (κ3) is 1.69. The van der Waals surface area contributed by atoms with Crippen LogP contribution >= 0.6 is 0 Å². The Labute approximate surface area is 92.6 Å². The fourth-order valence-electron chi connectivity index (χ4n) is 1.97. The van der Waals surface area contributed by atoms with Crippen molar-refractivity contribution in [3.63, 3.8) is 0 Å². The largest absolute Gasteiger partial charge is 0.377 e. The average molecular weight is 223 g/mol. The molecule has 2 heterocycles. The molecule has 1 amide bonds. The van der Waals surface area contributed by atoms with Crippen LogP contribution in [0.4, 0.5) is 0 Å². The van der Waals surface area contributed by atoms with Gasteiger partial charge in [-0.15, -0.1) is 0 Å². The lowest BCUT2D eigenvalue weighted by atomic mass is 10.2. The number of rotatable bonds is 2.